The lowest BCUT2D eigenvalue weighted by atomic mass is 10.1. The number of fused-ring (bicyclic) bond motifs is 1. The number of rotatable bonds is 2. The number of benzene rings is 1. The summed E-state index contributed by atoms with van der Waals surface area (Å²) in [6.07, 6.45) is 2.09. The number of amides is 1. The van der Waals surface area contributed by atoms with Crippen LogP contribution >= 0.6 is 11.6 Å². The van der Waals surface area contributed by atoms with Crippen molar-refractivity contribution in [3.05, 3.63) is 35.4 Å². The molecule has 1 amide bonds. The van der Waals surface area contributed by atoms with Crippen molar-refractivity contribution in [1.29, 1.82) is 0 Å². The molecule has 1 aliphatic heterocycles. The van der Waals surface area contributed by atoms with Gasteiger partial charge in [-0.1, -0.05) is 11.6 Å². The third-order valence-corrected chi connectivity index (χ3v) is 4.02. The average molecular weight is 304 g/mol. The maximum atomic E-state index is 11.2. The first-order valence-corrected chi connectivity index (χ1v) is 7.58. The van der Waals surface area contributed by atoms with E-state index in [2.05, 4.69) is 10.2 Å². The zero-order valence-electron chi connectivity index (χ0n) is 12.0. The predicted molar refractivity (Wildman–Crippen MR) is 85.8 cm³/mol. The number of carbonyl (C=O) groups excluding carboxylic acids is 1. The average Bonchev–Trinajstić information content (AvgIpc) is 2.46. The summed E-state index contributed by atoms with van der Waals surface area (Å²) in [5, 5.41) is 4.77. The monoisotopic (exact) mass is 303 g/mol. The van der Waals surface area contributed by atoms with E-state index in [9.17, 15) is 4.79 Å². The Labute approximate surface area is 129 Å². The molecule has 1 unspecified atom stereocenters. The molecule has 3 rings (SSSR count). The molecular weight excluding hydrogens is 286 g/mol. The van der Waals surface area contributed by atoms with Gasteiger partial charge >= 0.3 is 0 Å². The number of halogens is 1. The molecule has 0 radical (unpaired) electrons. The first kappa shape index (κ1) is 14.1. The van der Waals surface area contributed by atoms with Gasteiger partial charge in [0, 0.05) is 36.5 Å². The normalized spacial score (nSPS) is 18.8. The molecular formula is C16H18ClN3O. The number of hydrogen-bond donors (Lipinski definition) is 1. The van der Waals surface area contributed by atoms with Crippen molar-refractivity contribution >= 4 is 34.2 Å². The minimum absolute atomic E-state index is 0.0305. The maximum absolute atomic E-state index is 11.2. The van der Waals surface area contributed by atoms with Gasteiger partial charge in [-0.3, -0.25) is 4.79 Å². The molecule has 5 heteroatoms. The molecule has 1 N–H and O–H groups in total. The van der Waals surface area contributed by atoms with Crippen LogP contribution in [0.15, 0.2) is 30.3 Å². The Morgan fingerprint density at radius 2 is 2.24 bits per heavy atom. The minimum Gasteiger partial charge on any atom is -0.355 e. The highest BCUT2D eigenvalue weighted by Gasteiger charge is 2.21. The van der Waals surface area contributed by atoms with E-state index in [-0.39, 0.29) is 11.9 Å². The second kappa shape index (κ2) is 5.90. The summed E-state index contributed by atoms with van der Waals surface area (Å²) in [4.78, 5) is 18.1. The fraction of sp³-hybridized carbons (Fsp3) is 0.375. The highest BCUT2D eigenvalue weighted by Crippen LogP contribution is 2.23. The Bertz CT molecular complexity index is 674. The number of aromatic nitrogens is 1. The third kappa shape index (κ3) is 3.27. The second-order valence-electron chi connectivity index (χ2n) is 5.49. The molecule has 2 aromatic rings. The number of hydrogen-bond acceptors (Lipinski definition) is 3. The first-order valence-electron chi connectivity index (χ1n) is 7.20. The lowest BCUT2D eigenvalue weighted by Gasteiger charge is -2.33. The molecule has 21 heavy (non-hydrogen) atoms. The van der Waals surface area contributed by atoms with Crippen molar-refractivity contribution < 1.29 is 4.79 Å². The van der Waals surface area contributed by atoms with E-state index in [4.69, 9.17) is 16.6 Å². The van der Waals surface area contributed by atoms with Crippen molar-refractivity contribution in [1.82, 2.24) is 10.3 Å². The molecule has 0 bridgehead atoms. The van der Waals surface area contributed by atoms with Gasteiger partial charge in [-0.2, -0.15) is 0 Å². The highest BCUT2D eigenvalue weighted by atomic mass is 35.5. The highest BCUT2D eigenvalue weighted by molar-refractivity contribution is 6.31. The predicted octanol–water partition coefficient (Wildman–Crippen LogP) is 2.99. The van der Waals surface area contributed by atoms with Gasteiger partial charge in [-0.15, -0.1) is 0 Å². The van der Waals surface area contributed by atoms with Gasteiger partial charge in [0.2, 0.25) is 5.91 Å². The van der Waals surface area contributed by atoms with Gasteiger partial charge < -0.3 is 10.2 Å². The summed E-state index contributed by atoms with van der Waals surface area (Å²) >= 11 is 6.00. The number of nitrogens with zero attached hydrogens (tertiary/aromatic N) is 2. The standard InChI is InChI=1S/C16H18ClN3O/c1-11(21)18-14-3-2-8-20(10-14)16-7-4-12-9-13(17)5-6-15(12)19-16/h4-7,9,14H,2-3,8,10H2,1H3,(H,18,21). The number of piperidine rings is 1. The zero-order chi connectivity index (χ0) is 14.8. The van der Waals surface area contributed by atoms with Crippen LogP contribution in [-0.4, -0.2) is 30.0 Å². The van der Waals surface area contributed by atoms with Gasteiger partial charge in [0.05, 0.1) is 5.52 Å². The molecule has 0 saturated carbocycles. The smallest absolute Gasteiger partial charge is 0.217 e. The van der Waals surface area contributed by atoms with Crippen molar-refractivity contribution in [2.45, 2.75) is 25.8 Å². The molecule has 1 aliphatic rings. The van der Waals surface area contributed by atoms with Gasteiger partial charge in [0.15, 0.2) is 0 Å². The lowest BCUT2D eigenvalue weighted by Crippen LogP contribution is -2.47. The molecule has 2 heterocycles. The first-order chi connectivity index (χ1) is 10.1. The fourth-order valence-electron chi connectivity index (χ4n) is 2.85. The van der Waals surface area contributed by atoms with E-state index in [1.165, 1.54) is 0 Å². The third-order valence-electron chi connectivity index (χ3n) is 3.79. The Morgan fingerprint density at radius 1 is 1.38 bits per heavy atom. The SMILES string of the molecule is CC(=O)NC1CCCN(c2ccc3cc(Cl)ccc3n2)C1. The molecule has 0 spiro atoms. The van der Waals surface area contributed by atoms with Crippen LogP contribution in [0.3, 0.4) is 0 Å². The van der Waals surface area contributed by atoms with E-state index >= 15 is 0 Å². The lowest BCUT2D eigenvalue weighted by molar-refractivity contribution is -0.119. The van der Waals surface area contributed by atoms with Crippen molar-refractivity contribution in [2.24, 2.45) is 0 Å². The van der Waals surface area contributed by atoms with Crippen molar-refractivity contribution in [2.75, 3.05) is 18.0 Å². The summed E-state index contributed by atoms with van der Waals surface area (Å²) in [5.74, 6) is 0.989. The van der Waals surface area contributed by atoms with Crippen molar-refractivity contribution in [3.8, 4) is 0 Å². The Morgan fingerprint density at radius 3 is 3.05 bits per heavy atom. The summed E-state index contributed by atoms with van der Waals surface area (Å²) in [6.45, 7) is 3.35. The fourth-order valence-corrected chi connectivity index (χ4v) is 3.03. The number of nitrogens with one attached hydrogen (secondary N) is 1. The van der Waals surface area contributed by atoms with Crippen LogP contribution in [0, 0.1) is 0 Å². The number of carbonyl (C=O) groups is 1. The summed E-state index contributed by atoms with van der Waals surface area (Å²) < 4.78 is 0. The van der Waals surface area contributed by atoms with Gasteiger partial charge in [-0.05, 0) is 43.2 Å². The number of anilines is 1. The Kier molecular flexibility index (Phi) is 3.97. The largest absolute Gasteiger partial charge is 0.355 e. The van der Waals surface area contributed by atoms with Gasteiger partial charge in [0.25, 0.3) is 0 Å². The Balaban J connectivity index is 1.82. The van der Waals surface area contributed by atoms with Crippen LogP contribution in [0.1, 0.15) is 19.8 Å². The summed E-state index contributed by atoms with van der Waals surface area (Å²) in [7, 11) is 0. The molecule has 1 aromatic carbocycles. The van der Waals surface area contributed by atoms with E-state index in [0.29, 0.717) is 0 Å². The molecule has 1 fully saturated rings. The van der Waals surface area contributed by atoms with Gasteiger partial charge in [0.1, 0.15) is 5.82 Å². The topological polar surface area (TPSA) is 45.2 Å². The van der Waals surface area contributed by atoms with E-state index < -0.39 is 0 Å². The van der Waals surface area contributed by atoms with Crippen LogP contribution in [0.25, 0.3) is 10.9 Å². The molecule has 110 valence electrons. The van der Waals surface area contributed by atoms with E-state index in [1.807, 2.05) is 30.3 Å². The van der Waals surface area contributed by atoms with E-state index in [1.54, 1.807) is 6.92 Å². The molecule has 4 nitrogen and oxygen atoms in total. The van der Waals surface area contributed by atoms with Crippen LogP contribution in [0.2, 0.25) is 5.02 Å². The zero-order valence-corrected chi connectivity index (χ0v) is 12.7. The second-order valence-corrected chi connectivity index (χ2v) is 5.93. The maximum Gasteiger partial charge on any atom is 0.217 e. The summed E-state index contributed by atoms with van der Waals surface area (Å²) in [5.41, 5.74) is 0.943. The number of pyridine rings is 1. The van der Waals surface area contributed by atoms with Crippen LogP contribution < -0.4 is 10.2 Å². The van der Waals surface area contributed by atoms with Gasteiger partial charge in [-0.25, -0.2) is 4.98 Å². The molecule has 0 aliphatic carbocycles. The molecule has 1 aromatic heterocycles. The van der Waals surface area contributed by atoms with Crippen molar-refractivity contribution in [3.63, 3.8) is 0 Å². The molecule has 1 atom stereocenters. The molecule has 1 saturated heterocycles. The van der Waals surface area contributed by atoms with Crippen LogP contribution in [-0.2, 0) is 4.79 Å². The summed E-state index contributed by atoms with van der Waals surface area (Å²) in [6, 6.07) is 10.00. The minimum atomic E-state index is 0.0305. The van der Waals surface area contributed by atoms with Crippen LogP contribution in [0.4, 0.5) is 5.82 Å². The Hall–Kier alpha value is -1.81. The van der Waals surface area contributed by atoms with E-state index in [0.717, 1.165) is 47.7 Å². The quantitative estimate of drug-likeness (QED) is 0.927. The van der Waals surface area contributed by atoms with Crippen LogP contribution in [0.5, 0.6) is 0 Å².